The van der Waals surface area contributed by atoms with E-state index in [-0.39, 0.29) is 12.0 Å². The van der Waals surface area contributed by atoms with Crippen LogP contribution in [-0.2, 0) is 11.3 Å². The van der Waals surface area contributed by atoms with E-state index in [9.17, 15) is 4.79 Å². The zero-order valence-electron chi connectivity index (χ0n) is 15.4. The number of hydrogen-bond donors (Lipinski definition) is 1. The third kappa shape index (κ3) is 4.79. The molecule has 138 valence electrons. The summed E-state index contributed by atoms with van der Waals surface area (Å²) in [7, 11) is 0. The molecule has 0 aliphatic carbocycles. The standard InChI is InChI=1S/C20H26N4O2/c1-3-24(14-16-8-5-4-6-9-16)19-12-18(22-15(2)23-19)20(25)21-13-17-10-7-11-26-17/h4-6,8-9,12,17H,3,7,10-11,13-14H2,1-2H3,(H,21,25). The smallest absolute Gasteiger partial charge is 0.270 e. The first kappa shape index (κ1) is 18.3. The number of ether oxygens (including phenoxy) is 1. The molecule has 26 heavy (non-hydrogen) atoms. The van der Waals surface area contributed by atoms with Crippen molar-refractivity contribution in [3.05, 3.63) is 53.5 Å². The van der Waals surface area contributed by atoms with Gasteiger partial charge in [0.25, 0.3) is 5.91 Å². The van der Waals surface area contributed by atoms with Crippen LogP contribution in [0.25, 0.3) is 0 Å². The van der Waals surface area contributed by atoms with Crippen LogP contribution in [0, 0.1) is 6.92 Å². The van der Waals surface area contributed by atoms with Crippen LogP contribution in [0.3, 0.4) is 0 Å². The number of anilines is 1. The van der Waals surface area contributed by atoms with Crippen molar-refractivity contribution in [1.82, 2.24) is 15.3 Å². The number of nitrogens with one attached hydrogen (secondary N) is 1. The van der Waals surface area contributed by atoms with Gasteiger partial charge in [-0.1, -0.05) is 30.3 Å². The van der Waals surface area contributed by atoms with Crippen LogP contribution in [-0.4, -0.2) is 41.7 Å². The molecule has 0 saturated carbocycles. The average molecular weight is 354 g/mol. The molecular weight excluding hydrogens is 328 g/mol. The number of amides is 1. The van der Waals surface area contributed by atoms with Crippen molar-refractivity contribution in [2.24, 2.45) is 0 Å². The molecule has 6 nitrogen and oxygen atoms in total. The molecule has 1 aliphatic rings. The normalized spacial score (nSPS) is 16.5. The fourth-order valence-corrected chi connectivity index (χ4v) is 3.09. The van der Waals surface area contributed by atoms with Crippen molar-refractivity contribution < 1.29 is 9.53 Å². The van der Waals surface area contributed by atoms with E-state index in [2.05, 4.69) is 39.2 Å². The highest BCUT2D eigenvalue weighted by atomic mass is 16.5. The highest BCUT2D eigenvalue weighted by Gasteiger charge is 2.18. The Balaban J connectivity index is 1.71. The SMILES string of the molecule is CCN(Cc1ccccc1)c1cc(C(=O)NCC2CCCO2)nc(C)n1. The Hall–Kier alpha value is -2.47. The van der Waals surface area contributed by atoms with Crippen molar-refractivity contribution >= 4 is 11.7 Å². The third-order valence-electron chi connectivity index (χ3n) is 4.49. The summed E-state index contributed by atoms with van der Waals surface area (Å²) < 4.78 is 5.55. The highest BCUT2D eigenvalue weighted by Crippen LogP contribution is 2.16. The Morgan fingerprint density at radius 3 is 2.81 bits per heavy atom. The van der Waals surface area contributed by atoms with Crippen LogP contribution in [0.1, 0.15) is 41.6 Å². The van der Waals surface area contributed by atoms with Crippen LogP contribution in [0.4, 0.5) is 5.82 Å². The van der Waals surface area contributed by atoms with Gasteiger partial charge in [0, 0.05) is 32.3 Å². The number of rotatable bonds is 7. The minimum Gasteiger partial charge on any atom is -0.376 e. The first-order valence-electron chi connectivity index (χ1n) is 9.20. The lowest BCUT2D eigenvalue weighted by Crippen LogP contribution is -2.33. The topological polar surface area (TPSA) is 67.4 Å². The summed E-state index contributed by atoms with van der Waals surface area (Å²) in [6.07, 6.45) is 2.17. The largest absolute Gasteiger partial charge is 0.376 e. The van der Waals surface area contributed by atoms with Crippen molar-refractivity contribution in [3.63, 3.8) is 0 Å². The number of carbonyl (C=O) groups is 1. The van der Waals surface area contributed by atoms with Gasteiger partial charge in [0.1, 0.15) is 17.3 Å². The van der Waals surface area contributed by atoms with Crippen LogP contribution in [0.2, 0.25) is 0 Å². The maximum absolute atomic E-state index is 12.5. The fraction of sp³-hybridized carbons (Fsp3) is 0.450. The summed E-state index contributed by atoms with van der Waals surface area (Å²) in [4.78, 5) is 23.5. The van der Waals surface area contributed by atoms with E-state index in [1.807, 2.05) is 25.1 Å². The maximum Gasteiger partial charge on any atom is 0.270 e. The molecule has 1 atom stereocenters. The average Bonchev–Trinajstić information content (AvgIpc) is 3.18. The maximum atomic E-state index is 12.5. The van der Waals surface area contributed by atoms with Gasteiger partial charge in [-0.3, -0.25) is 4.79 Å². The number of hydrogen-bond acceptors (Lipinski definition) is 5. The minimum atomic E-state index is -0.178. The molecule has 3 rings (SSSR count). The number of aromatic nitrogens is 2. The van der Waals surface area contributed by atoms with Gasteiger partial charge in [-0.25, -0.2) is 9.97 Å². The Bertz CT molecular complexity index is 730. The molecule has 0 spiro atoms. The summed E-state index contributed by atoms with van der Waals surface area (Å²) in [5.74, 6) is 1.19. The lowest BCUT2D eigenvalue weighted by atomic mass is 10.2. The lowest BCUT2D eigenvalue weighted by Gasteiger charge is -2.23. The second-order valence-electron chi connectivity index (χ2n) is 6.50. The van der Waals surface area contributed by atoms with Gasteiger partial charge in [-0.2, -0.15) is 0 Å². The van der Waals surface area contributed by atoms with Gasteiger partial charge in [-0.05, 0) is 32.3 Å². The van der Waals surface area contributed by atoms with Gasteiger partial charge in [0.05, 0.1) is 6.10 Å². The summed E-state index contributed by atoms with van der Waals surface area (Å²) in [6, 6.07) is 12.0. The molecule has 1 fully saturated rings. The van der Waals surface area contributed by atoms with Crippen molar-refractivity contribution in [2.45, 2.75) is 39.3 Å². The van der Waals surface area contributed by atoms with Gasteiger partial charge < -0.3 is 15.0 Å². The minimum absolute atomic E-state index is 0.117. The third-order valence-corrected chi connectivity index (χ3v) is 4.49. The van der Waals surface area contributed by atoms with E-state index >= 15 is 0 Å². The van der Waals surface area contributed by atoms with Gasteiger partial charge >= 0.3 is 0 Å². The van der Waals surface area contributed by atoms with Crippen LogP contribution in [0.5, 0.6) is 0 Å². The van der Waals surface area contributed by atoms with E-state index in [1.54, 1.807) is 6.07 Å². The van der Waals surface area contributed by atoms with E-state index in [4.69, 9.17) is 4.74 Å². The summed E-state index contributed by atoms with van der Waals surface area (Å²) >= 11 is 0. The molecule has 1 saturated heterocycles. The van der Waals surface area contributed by atoms with Crippen LogP contribution >= 0.6 is 0 Å². The zero-order chi connectivity index (χ0) is 18.4. The molecule has 2 aromatic rings. The van der Waals surface area contributed by atoms with E-state index in [0.29, 0.717) is 18.1 Å². The lowest BCUT2D eigenvalue weighted by molar-refractivity contribution is 0.0853. The Morgan fingerprint density at radius 1 is 1.31 bits per heavy atom. The highest BCUT2D eigenvalue weighted by molar-refractivity contribution is 5.93. The number of carbonyl (C=O) groups excluding carboxylic acids is 1. The van der Waals surface area contributed by atoms with Gasteiger partial charge in [-0.15, -0.1) is 0 Å². The molecule has 1 aromatic carbocycles. The summed E-state index contributed by atoms with van der Waals surface area (Å²) in [5.41, 5.74) is 1.60. The Kier molecular flexibility index (Phi) is 6.17. The Morgan fingerprint density at radius 2 is 2.12 bits per heavy atom. The van der Waals surface area contributed by atoms with Crippen LogP contribution in [0.15, 0.2) is 36.4 Å². The van der Waals surface area contributed by atoms with Gasteiger partial charge in [0.2, 0.25) is 0 Å². The van der Waals surface area contributed by atoms with Crippen molar-refractivity contribution in [2.75, 3.05) is 24.6 Å². The molecule has 1 aromatic heterocycles. The first-order valence-corrected chi connectivity index (χ1v) is 9.20. The molecule has 1 unspecified atom stereocenters. The predicted molar refractivity (Wildman–Crippen MR) is 101 cm³/mol. The molecule has 0 radical (unpaired) electrons. The second kappa shape index (κ2) is 8.76. The summed E-state index contributed by atoms with van der Waals surface area (Å²) in [5, 5.41) is 2.93. The van der Waals surface area contributed by atoms with E-state index in [0.717, 1.165) is 38.4 Å². The molecule has 1 aliphatic heterocycles. The first-order chi connectivity index (χ1) is 12.7. The van der Waals surface area contributed by atoms with Crippen molar-refractivity contribution in [1.29, 1.82) is 0 Å². The molecule has 0 bridgehead atoms. The van der Waals surface area contributed by atoms with Crippen LogP contribution < -0.4 is 10.2 Å². The summed E-state index contributed by atoms with van der Waals surface area (Å²) in [6.45, 7) is 6.74. The molecule has 1 N–H and O–H groups in total. The zero-order valence-corrected chi connectivity index (χ0v) is 15.4. The van der Waals surface area contributed by atoms with Crippen molar-refractivity contribution in [3.8, 4) is 0 Å². The Labute approximate surface area is 154 Å². The van der Waals surface area contributed by atoms with E-state index < -0.39 is 0 Å². The number of benzene rings is 1. The molecule has 6 heteroatoms. The predicted octanol–water partition coefficient (Wildman–Crippen LogP) is 2.72. The molecule has 1 amide bonds. The quantitative estimate of drug-likeness (QED) is 0.828. The number of aryl methyl sites for hydroxylation is 1. The molecule has 2 heterocycles. The van der Waals surface area contributed by atoms with Gasteiger partial charge in [0.15, 0.2) is 0 Å². The fourth-order valence-electron chi connectivity index (χ4n) is 3.09. The molecular formula is C20H26N4O2. The second-order valence-corrected chi connectivity index (χ2v) is 6.50. The number of nitrogens with zero attached hydrogens (tertiary/aromatic N) is 3. The monoisotopic (exact) mass is 354 g/mol. The van der Waals surface area contributed by atoms with E-state index in [1.165, 1.54) is 5.56 Å².